The second kappa shape index (κ2) is 14.5. The average Bonchev–Trinajstić information content (AvgIpc) is 3.76. The number of aromatic nitrogens is 4. The van der Waals surface area contributed by atoms with Crippen molar-refractivity contribution in [2.45, 2.75) is 58.3 Å². The minimum absolute atomic E-state index is 0.170. The summed E-state index contributed by atoms with van der Waals surface area (Å²) in [5, 5.41) is 7.51. The topological polar surface area (TPSA) is 44.9 Å². The Kier molecular flexibility index (Phi) is 9.11. The zero-order valence-corrected chi connectivity index (χ0v) is 31.4. The number of fused-ring (bicyclic) bond motifs is 3. The number of ether oxygens (including phenoxy) is 1. The predicted octanol–water partition coefficient (Wildman–Crippen LogP) is 12.5. The van der Waals surface area contributed by atoms with Gasteiger partial charge >= 0.3 is 0 Å². The molecule has 2 atom stereocenters. The molecule has 0 saturated carbocycles. The molecule has 55 heavy (non-hydrogen) atoms. The van der Waals surface area contributed by atoms with Gasteiger partial charge in [0.2, 0.25) is 0 Å². The molecule has 0 amide bonds. The monoisotopic (exact) mass is 722 g/mol. The van der Waals surface area contributed by atoms with E-state index in [9.17, 15) is 4.39 Å². The Balaban J connectivity index is 1.14. The van der Waals surface area contributed by atoms with Crippen molar-refractivity contribution in [2.24, 2.45) is 0 Å². The number of halogens is 1. The molecule has 0 spiro atoms. The SMILES string of the molecule is CCc1nn(-c2cc(C)cc(Oc3ccc4c5ccccc5n(-c5cc(F)ccn5)c4c3)c2)c(CC)c1[C@@H]1C(c2ccccc2)=CCC[C@@H]1c1ccccc1. The van der Waals surface area contributed by atoms with Crippen LogP contribution in [0.2, 0.25) is 0 Å². The van der Waals surface area contributed by atoms with Crippen molar-refractivity contribution in [2.75, 3.05) is 0 Å². The molecular weight excluding hydrogens is 680 g/mol. The lowest BCUT2D eigenvalue weighted by Gasteiger charge is -2.34. The number of benzene rings is 5. The zero-order valence-electron chi connectivity index (χ0n) is 31.4. The highest BCUT2D eigenvalue weighted by Crippen LogP contribution is 2.51. The Hall–Kier alpha value is -6.27. The van der Waals surface area contributed by atoms with E-state index < -0.39 is 0 Å². The second-order valence-electron chi connectivity index (χ2n) is 14.5. The van der Waals surface area contributed by atoms with Crippen molar-refractivity contribution in [3.8, 4) is 23.0 Å². The molecule has 0 aliphatic heterocycles. The zero-order chi connectivity index (χ0) is 37.5. The first kappa shape index (κ1) is 34.5. The molecule has 5 nitrogen and oxygen atoms in total. The summed E-state index contributed by atoms with van der Waals surface area (Å²) in [5.74, 6) is 2.10. The van der Waals surface area contributed by atoms with Crippen LogP contribution in [0.15, 0.2) is 146 Å². The number of para-hydroxylation sites is 1. The summed E-state index contributed by atoms with van der Waals surface area (Å²) in [6.07, 6.45) is 7.77. The Morgan fingerprint density at radius 2 is 1.51 bits per heavy atom. The van der Waals surface area contributed by atoms with Gasteiger partial charge in [0.05, 0.1) is 22.4 Å². The Morgan fingerprint density at radius 3 is 2.29 bits per heavy atom. The van der Waals surface area contributed by atoms with E-state index in [1.165, 1.54) is 46.3 Å². The lowest BCUT2D eigenvalue weighted by Crippen LogP contribution is -2.19. The van der Waals surface area contributed by atoms with Gasteiger partial charge in [0.25, 0.3) is 0 Å². The first-order valence-electron chi connectivity index (χ1n) is 19.4. The number of hydrogen-bond donors (Lipinski definition) is 0. The molecule has 6 heteroatoms. The maximum Gasteiger partial charge on any atom is 0.140 e. The predicted molar refractivity (Wildman–Crippen MR) is 221 cm³/mol. The van der Waals surface area contributed by atoms with E-state index in [1.807, 2.05) is 34.9 Å². The molecule has 0 N–H and O–H groups in total. The van der Waals surface area contributed by atoms with Crippen molar-refractivity contribution in [1.29, 1.82) is 0 Å². The van der Waals surface area contributed by atoms with Gasteiger partial charge in [-0.2, -0.15) is 5.10 Å². The van der Waals surface area contributed by atoms with Crippen molar-refractivity contribution in [1.82, 2.24) is 19.3 Å². The molecule has 1 aliphatic carbocycles. The number of allylic oxidation sites excluding steroid dienone is 2. The van der Waals surface area contributed by atoms with Gasteiger partial charge < -0.3 is 4.74 Å². The fourth-order valence-electron chi connectivity index (χ4n) is 8.78. The van der Waals surface area contributed by atoms with E-state index in [-0.39, 0.29) is 11.7 Å². The number of nitrogens with zero attached hydrogens (tertiary/aromatic N) is 4. The van der Waals surface area contributed by atoms with E-state index in [2.05, 4.69) is 128 Å². The molecule has 8 aromatic rings. The third-order valence-corrected chi connectivity index (χ3v) is 11.1. The lowest BCUT2D eigenvalue weighted by molar-refractivity contribution is 0.482. The summed E-state index contributed by atoms with van der Waals surface area (Å²) in [5.41, 5.74) is 11.7. The normalized spacial score (nSPS) is 15.7. The molecule has 9 rings (SSSR count). The van der Waals surface area contributed by atoms with Crippen LogP contribution >= 0.6 is 0 Å². The fraction of sp³-hybridized carbons (Fsp3) is 0.184. The molecule has 1 aliphatic rings. The summed E-state index contributed by atoms with van der Waals surface area (Å²) >= 11 is 0. The van der Waals surface area contributed by atoms with Crippen molar-refractivity contribution in [3.05, 3.63) is 185 Å². The number of rotatable bonds is 9. The molecule has 0 bridgehead atoms. The smallest absolute Gasteiger partial charge is 0.140 e. The largest absolute Gasteiger partial charge is 0.457 e. The van der Waals surface area contributed by atoms with E-state index in [4.69, 9.17) is 9.84 Å². The van der Waals surface area contributed by atoms with Gasteiger partial charge in [-0.15, -0.1) is 0 Å². The van der Waals surface area contributed by atoms with Crippen LogP contribution in [0, 0.1) is 12.7 Å². The summed E-state index contributed by atoms with van der Waals surface area (Å²) in [6, 6.07) is 45.4. The highest BCUT2D eigenvalue weighted by molar-refractivity contribution is 6.09. The summed E-state index contributed by atoms with van der Waals surface area (Å²) in [7, 11) is 0. The molecule has 0 radical (unpaired) electrons. The van der Waals surface area contributed by atoms with Crippen LogP contribution in [-0.2, 0) is 12.8 Å². The van der Waals surface area contributed by atoms with Crippen LogP contribution in [0.25, 0.3) is 38.9 Å². The molecule has 5 aromatic carbocycles. The first-order valence-corrected chi connectivity index (χ1v) is 19.4. The van der Waals surface area contributed by atoms with Gasteiger partial charge in [0, 0.05) is 52.3 Å². The van der Waals surface area contributed by atoms with Crippen LogP contribution in [0.3, 0.4) is 0 Å². The summed E-state index contributed by atoms with van der Waals surface area (Å²) < 4.78 is 25.3. The molecule has 3 heterocycles. The van der Waals surface area contributed by atoms with Gasteiger partial charge in [0.1, 0.15) is 23.1 Å². The molecule has 3 aromatic heterocycles. The highest BCUT2D eigenvalue weighted by Gasteiger charge is 2.36. The first-order chi connectivity index (χ1) is 27.0. The fourth-order valence-corrected chi connectivity index (χ4v) is 8.78. The Bertz CT molecular complexity index is 2690. The quantitative estimate of drug-likeness (QED) is 0.149. The van der Waals surface area contributed by atoms with Gasteiger partial charge in [0.15, 0.2) is 0 Å². The van der Waals surface area contributed by atoms with Gasteiger partial charge in [-0.25, -0.2) is 14.1 Å². The molecule has 0 saturated heterocycles. The number of aryl methyl sites for hydroxylation is 2. The van der Waals surface area contributed by atoms with Gasteiger partial charge in [-0.05, 0) is 97.2 Å². The molecule has 272 valence electrons. The average molecular weight is 723 g/mol. The molecular formula is C49H43FN4O. The third kappa shape index (κ3) is 6.31. The maximum atomic E-state index is 14.5. The maximum absolute atomic E-state index is 14.5. The Morgan fingerprint density at radius 1 is 0.745 bits per heavy atom. The van der Waals surface area contributed by atoms with Crippen molar-refractivity contribution >= 4 is 27.4 Å². The van der Waals surface area contributed by atoms with Crippen LogP contribution in [0.5, 0.6) is 11.5 Å². The Labute approximate surface area is 321 Å². The second-order valence-corrected chi connectivity index (χ2v) is 14.5. The van der Waals surface area contributed by atoms with Crippen LogP contribution in [0.1, 0.15) is 72.2 Å². The van der Waals surface area contributed by atoms with Crippen molar-refractivity contribution < 1.29 is 9.13 Å². The van der Waals surface area contributed by atoms with Gasteiger partial charge in [-0.3, -0.25) is 4.57 Å². The van der Waals surface area contributed by atoms with E-state index >= 15 is 0 Å². The van der Waals surface area contributed by atoms with E-state index in [0.717, 1.165) is 70.2 Å². The molecule has 0 unspecified atom stereocenters. The third-order valence-electron chi connectivity index (χ3n) is 11.1. The van der Waals surface area contributed by atoms with E-state index in [0.29, 0.717) is 17.5 Å². The van der Waals surface area contributed by atoms with Crippen LogP contribution in [0.4, 0.5) is 4.39 Å². The van der Waals surface area contributed by atoms with Gasteiger partial charge in [-0.1, -0.05) is 98.8 Å². The number of pyridine rings is 1. The number of hydrogen-bond acceptors (Lipinski definition) is 3. The molecule has 0 fully saturated rings. The van der Waals surface area contributed by atoms with Crippen LogP contribution < -0.4 is 4.74 Å². The van der Waals surface area contributed by atoms with Crippen molar-refractivity contribution in [3.63, 3.8) is 0 Å². The lowest BCUT2D eigenvalue weighted by atomic mass is 9.69. The minimum atomic E-state index is -0.332. The minimum Gasteiger partial charge on any atom is -0.457 e. The summed E-state index contributed by atoms with van der Waals surface area (Å²) in [4.78, 5) is 4.53. The highest BCUT2D eigenvalue weighted by atomic mass is 19.1. The summed E-state index contributed by atoms with van der Waals surface area (Å²) in [6.45, 7) is 6.58. The standard InChI is InChI=1S/C49H43FN4O/c1-4-43-49(48-39(33-15-8-6-9-16-33)20-14-21-40(48)34-17-10-7-11-18-34)44(5-2)54(52-43)36-27-32(3)28-38(30-36)55-37-23-24-42-41-19-12-13-22-45(41)53(46(42)31-37)47-29-35(50)25-26-51-47/h6-13,15-20,22-31,40,48H,4-5,14,21H2,1-3H3/t40-,48-/m1/s1. The van der Waals surface area contributed by atoms with Crippen LogP contribution in [-0.4, -0.2) is 19.3 Å². The van der Waals surface area contributed by atoms with E-state index in [1.54, 1.807) is 0 Å².